The Morgan fingerprint density at radius 1 is 0.581 bits per heavy atom. The van der Waals surface area contributed by atoms with Crippen LogP contribution < -0.4 is 57.6 Å². The zero-order valence-electron chi connectivity index (χ0n) is 41.0. The van der Waals surface area contributed by atoms with Crippen LogP contribution >= 0.6 is 0 Å². The molecule has 23 heteroatoms. The molecule has 21 nitrogen and oxygen atoms in total. The first-order valence-electron chi connectivity index (χ1n) is 24.2. The number of nitrogens with one attached hydrogen (secondary N) is 6. The lowest BCUT2D eigenvalue weighted by Gasteiger charge is -2.30. The third kappa shape index (κ3) is 15.7. The molecule has 0 aliphatic carbocycles. The first-order chi connectivity index (χ1) is 35.7. The Labute approximate surface area is 430 Å². The number of rotatable bonds is 13. The normalized spacial score (nSPS) is 15.7. The van der Waals surface area contributed by atoms with E-state index in [1.54, 1.807) is 29.6 Å². The van der Waals surface area contributed by atoms with Gasteiger partial charge in [-0.3, -0.25) is 20.2 Å². The first-order valence-corrected chi connectivity index (χ1v) is 24.2. The predicted molar refractivity (Wildman–Crippen MR) is 289 cm³/mol. The molecule has 0 radical (unpaired) electrons. The quantitative estimate of drug-likeness (QED) is 0.0328. The maximum absolute atomic E-state index is 14.2. The van der Waals surface area contributed by atoms with Crippen LogP contribution in [0.4, 0.5) is 66.4 Å². The Bertz CT molecular complexity index is 2730. The smallest absolute Gasteiger partial charge is 0.245 e. The number of morpholine rings is 2. The van der Waals surface area contributed by atoms with E-state index in [0.717, 1.165) is 93.8 Å². The number of pyridine rings is 2. The summed E-state index contributed by atoms with van der Waals surface area (Å²) in [5.41, 5.74) is 14.9. The number of ether oxygens (including phenoxy) is 2. The molecular weight excluding hydrogens is 951 g/mol. The van der Waals surface area contributed by atoms with Crippen LogP contribution in [0.5, 0.6) is 0 Å². The average molecular weight is 1020 g/mol. The summed E-state index contributed by atoms with van der Waals surface area (Å²) in [6.45, 7) is 17.0. The number of carbonyl (C=O) groups is 1. The second-order valence-corrected chi connectivity index (χ2v) is 17.3. The van der Waals surface area contributed by atoms with Crippen molar-refractivity contribution < 1.29 is 23.0 Å². The molecule has 0 unspecified atom stereocenters. The predicted octanol–water partition coefficient (Wildman–Crippen LogP) is 5.48. The van der Waals surface area contributed by atoms with Gasteiger partial charge in [0.1, 0.15) is 5.69 Å². The molecule has 0 saturated carbocycles. The summed E-state index contributed by atoms with van der Waals surface area (Å²) in [6, 6.07) is 20.4. The van der Waals surface area contributed by atoms with Gasteiger partial charge in [0.25, 0.3) is 0 Å². The Balaban J connectivity index is 0.000000179. The fourth-order valence-corrected chi connectivity index (χ4v) is 8.31. The number of aldehydes is 1. The molecule has 0 bridgehead atoms. The van der Waals surface area contributed by atoms with Crippen molar-refractivity contribution in [2.45, 2.75) is 21.3 Å². The Hall–Kier alpha value is -7.70. The summed E-state index contributed by atoms with van der Waals surface area (Å²) in [6.07, 6.45) is 8.01. The number of hydrogen-bond acceptors (Lipinski definition) is 21. The minimum absolute atomic E-state index is 0. The number of nitrogens with two attached hydrogens (primary N) is 1. The van der Waals surface area contributed by atoms with Gasteiger partial charge in [-0.15, -0.1) is 0 Å². The number of hydrazone groups is 1. The number of nitrogen functional groups attached to an aromatic ring is 1. The Morgan fingerprint density at radius 2 is 1.04 bits per heavy atom. The van der Waals surface area contributed by atoms with Crippen molar-refractivity contribution in [2.75, 3.05) is 146 Å². The van der Waals surface area contributed by atoms with Crippen LogP contribution in [0.1, 0.15) is 34.7 Å². The van der Waals surface area contributed by atoms with E-state index in [0.29, 0.717) is 64.0 Å². The molecule has 392 valence electrons. The highest BCUT2D eigenvalue weighted by atomic mass is 19.1. The van der Waals surface area contributed by atoms with Gasteiger partial charge < -0.3 is 50.3 Å². The lowest BCUT2D eigenvalue weighted by Crippen LogP contribution is -2.43. The average Bonchev–Trinajstić information content (AvgIpc) is 3.43. The Kier molecular flexibility index (Phi) is 20.0. The first kappa shape index (κ1) is 54.1. The number of carbonyl (C=O) groups excluding carboxylic acids is 1. The molecule has 4 aliphatic heterocycles. The molecule has 8 heterocycles. The van der Waals surface area contributed by atoms with Crippen molar-refractivity contribution in [1.29, 1.82) is 0 Å². The van der Waals surface area contributed by atoms with E-state index < -0.39 is 11.6 Å². The van der Waals surface area contributed by atoms with E-state index in [9.17, 15) is 13.6 Å². The monoisotopic (exact) mass is 1020 g/mol. The van der Waals surface area contributed by atoms with Crippen LogP contribution in [-0.2, 0) is 9.47 Å². The largest absolute Gasteiger partial charge is 0.378 e. The highest BCUT2D eigenvalue weighted by Gasteiger charge is 2.20. The molecule has 74 heavy (non-hydrogen) atoms. The summed E-state index contributed by atoms with van der Waals surface area (Å²) in [5.74, 6) is 5.17. The van der Waals surface area contributed by atoms with Gasteiger partial charge >= 0.3 is 0 Å². The zero-order chi connectivity index (χ0) is 50.8. The van der Waals surface area contributed by atoms with Crippen LogP contribution in [0.3, 0.4) is 0 Å². The molecule has 4 fully saturated rings. The van der Waals surface area contributed by atoms with E-state index in [-0.39, 0.29) is 31.0 Å². The van der Waals surface area contributed by atoms with Gasteiger partial charge in [-0.25, -0.2) is 30.0 Å². The molecule has 4 aromatic heterocycles. The van der Waals surface area contributed by atoms with Crippen molar-refractivity contribution in [2.24, 2.45) is 10.9 Å². The van der Waals surface area contributed by atoms with Crippen LogP contribution in [0.15, 0.2) is 90.6 Å². The molecule has 0 spiro atoms. The molecule has 4 saturated heterocycles. The summed E-state index contributed by atoms with van der Waals surface area (Å²) in [7, 11) is 0. The van der Waals surface area contributed by atoms with E-state index in [2.05, 4.69) is 127 Å². The molecule has 10 rings (SSSR count). The molecule has 8 N–H and O–H groups in total. The second-order valence-electron chi connectivity index (χ2n) is 17.3. The number of anilines is 10. The summed E-state index contributed by atoms with van der Waals surface area (Å²) < 4.78 is 38.1. The lowest BCUT2D eigenvalue weighted by atomic mass is 10.1. The van der Waals surface area contributed by atoms with Crippen LogP contribution in [0.25, 0.3) is 0 Å². The minimum Gasteiger partial charge on any atom is -0.378 e. The fourth-order valence-electron chi connectivity index (χ4n) is 8.31. The Morgan fingerprint density at radius 3 is 1.49 bits per heavy atom. The van der Waals surface area contributed by atoms with Crippen molar-refractivity contribution in [1.82, 2.24) is 40.5 Å². The molecule has 2 aromatic carbocycles. The van der Waals surface area contributed by atoms with Gasteiger partial charge in [-0.05, 0) is 85.6 Å². The van der Waals surface area contributed by atoms with Gasteiger partial charge in [0.15, 0.2) is 29.6 Å². The number of hydrogen-bond donors (Lipinski definition) is 7. The number of aromatic nitrogens is 6. The number of aryl methyl sites for hydroxylation is 2. The van der Waals surface area contributed by atoms with Gasteiger partial charge in [-0.1, -0.05) is 7.43 Å². The van der Waals surface area contributed by atoms with Gasteiger partial charge in [0.05, 0.1) is 74.5 Å². The third-order valence-electron chi connectivity index (χ3n) is 11.9. The van der Waals surface area contributed by atoms with Crippen LogP contribution in [0.2, 0.25) is 0 Å². The highest BCUT2D eigenvalue weighted by molar-refractivity contribution is 5.78. The lowest BCUT2D eigenvalue weighted by molar-refractivity contribution is 0.111. The summed E-state index contributed by atoms with van der Waals surface area (Å²) in [4.78, 5) is 43.5. The molecule has 0 amide bonds. The van der Waals surface area contributed by atoms with Gasteiger partial charge in [0, 0.05) is 101 Å². The third-order valence-corrected chi connectivity index (χ3v) is 11.9. The molecule has 6 aromatic rings. The number of piperazine rings is 2. The maximum atomic E-state index is 14.2. The number of benzene rings is 2. The van der Waals surface area contributed by atoms with Crippen LogP contribution in [-0.4, -0.2) is 147 Å². The highest BCUT2D eigenvalue weighted by Crippen LogP contribution is 2.27. The summed E-state index contributed by atoms with van der Waals surface area (Å²) in [5, 5.41) is 17.7. The van der Waals surface area contributed by atoms with E-state index >= 15 is 0 Å². The number of hydrazine groups is 1. The van der Waals surface area contributed by atoms with E-state index in [4.69, 9.17) is 15.3 Å². The van der Waals surface area contributed by atoms with Gasteiger partial charge in [-0.2, -0.15) is 15.1 Å². The van der Waals surface area contributed by atoms with E-state index in [1.807, 2.05) is 23.1 Å². The van der Waals surface area contributed by atoms with Crippen LogP contribution in [0, 0.1) is 25.5 Å². The van der Waals surface area contributed by atoms with Crippen molar-refractivity contribution in [3.63, 3.8) is 0 Å². The van der Waals surface area contributed by atoms with Gasteiger partial charge in [0.2, 0.25) is 11.9 Å². The standard InChI is InChI=1S/C25H30FN9O.C17H20N4O.C8H12FN5O.CH4/c1-18-12-21(14-22(13-18)34-6-4-27-5-7-34)31-20-3-2-19(28-15-20)16-30-33-25-29-17-23(26)24(32-25)35-8-10-36-11-9-35;1-13-8-16(20-14-2-3-15(12-22)19-11-14)10-17(9-13)21-6-4-18-5-7-21;9-6-5-11-8(13-10)12-7(6)14-1-3-15-4-2-14;/h2-3,12-17,27,31H,4-11H2,1H3,(H,29,32,33);2-3,8-12,18,20H,4-7H2,1H3;5H,1-4,10H2,(H,11,12,13);1H4/b30-16+;;;. The topological polar surface area (TPSA) is 236 Å². The van der Waals surface area contributed by atoms with E-state index in [1.165, 1.54) is 22.5 Å². The molecule has 4 aliphatic rings. The number of nitrogens with zero attached hydrogens (tertiary/aromatic N) is 11. The maximum Gasteiger partial charge on any atom is 0.245 e. The molecular formula is C51H66F2N18O3. The summed E-state index contributed by atoms with van der Waals surface area (Å²) >= 11 is 0. The number of halogens is 2. The van der Waals surface area contributed by atoms with Crippen molar-refractivity contribution in [3.05, 3.63) is 120 Å². The molecule has 0 atom stereocenters. The second kappa shape index (κ2) is 27.4. The minimum atomic E-state index is -0.468. The van der Waals surface area contributed by atoms with Crippen molar-refractivity contribution >= 4 is 70.2 Å². The fraction of sp³-hybridized carbons (Fsp3) is 0.373. The zero-order valence-corrected chi connectivity index (χ0v) is 41.0. The van der Waals surface area contributed by atoms with Crippen molar-refractivity contribution in [3.8, 4) is 0 Å². The SMILES string of the molecule is C.Cc1cc(Nc2ccc(/C=N/Nc3ncc(F)c(N4CCOCC4)n3)nc2)cc(N2CCNCC2)c1.Cc1cc(Nc2ccc(C=O)nc2)cc(N2CCNCC2)c1.NNc1ncc(F)c(N2CCOCC2)n1.